The third kappa shape index (κ3) is 5.92. The molecule has 0 spiro atoms. The number of carboxylic acids is 1. The van der Waals surface area contributed by atoms with Crippen LogP contribution in [0.5, 0.6) is 0 Å². The first-order chi connectivity index (χ1) is 9.32. The van der Waals surface area contributed by atoms with Crippen LogP contribution in [0.25, 0.3) is 0 Å². The van der Waals surface area contributed by atoms with Crippen LogP contribution in [-0.2, 0) is 14.8 Å². The molecule has 1 rings (SSSR count). The van der Waals surface area contributed by atoms with Gasteiger partial charge in [-0.1, -0.05) is 0 Å². The molecule has 0 fully saturated rings. The maximum absolute atomic E-state index is 11.4. The smallest absolute Gasteiger partial charge is 0.303 e. The Hall–Kier alpha value is -1.76. The number of nitrogens with one attached hydrogen (secondary N) is 2. The fourth-order valence-corrected chi connectivity index (χ4v) is 2.22. The van der Waals surface area contributed by atoms with Crippen LogP contribution in [0.15, 0.2) is 24.3 Å². The van der Waals surface area contributed by atoms with Crippen molar-refractivity contribution < 1.29 is 18.3 Å². The number of hydrogen-bond acceptors (Lipinski definition) is 4. The topological polar surface area (TPSA) is 95.5 Å². The van der Waals surface area contributed by atoms with E-state index in [1.54, 1.807) is 31.2 Å². The Morgan fingerprint density at radius 1 is 1.25 bits per heavy atom. The summed E-state index contributed by atoms with van der Waals surface area (Å²) in [5, 5.41) is 11.8. The van der Waals surface area contributed by atoms with Crippen molar-refractivity contribution in [3.05, 3.63) is 24.3 Å². The Bertz CT molecular complexity index is 540. The van der Waals surface area contributed by atoms with E-state index in [0.29, 0.717) is 12.1 Å². The normalized spacial score (nSPS) is 12.7. The summed E-state index contributed by atoms with van der Waals surface area (Å²) in [6.45, 7) is 3.47. The van der Waals surface area contributed by atoms with Crippen molar-refractivity contribution in [3.8, 4) is 0 Å². The lowest BCUT2D eigenvalue weighted by Gasteiger charge is -2.14. The van der Waals surface area contributed by atoms with Gasteiger partial charge in [0.2, 0.25) is 10.0 Å². The average Bonchev–Trinajstić information content (AvgIpc) is 2.38. The van der Waals surface area contributed by atoms with Gasteiger partial charge >= 0.3 is 5.97 Å². The van der Waals surface area contributed by atoms with Gasteiger partial charge in [-0.3, -0.25) is 9.52 Å². The number of benzene rings is 1. The van der Waals surface area contributed by atoms with Crippen LogP contribution < -0.4 is 10.0 Å². The van der Waals surface area contributed by atoms with E-state index in [2.05, 4.69) is 10.0 Å². The predicted molar refractivity (Wildman–Crippen MR) is 79.5 cm³/mol. The minimum absolute atomic E-state index is 0.0270. The molecule has 0 aliphatic rings. The summed E-state index contributed by atoms with van der Waals surface area (Å²) >= 11 is 0. The molecule has 20 heavy (non-hydrogen) atoms. The SMILES string of the molecule is CCS(=O)(=O)Nc1ccc(NC(C)CCC(=O)O)cc1. The summed E-state index contributed by atoms with van der Waals surface area (Å²) in [6, 6.07) is 6.87. The molecule has 0 bridgehead atoms. The van der Waals surface area contributed by atoms with E-state index in [0.717, 1.165) is 5.69 Å². The molecule has 3 N–H and O–H groups in total. The number of carboxylic acid groups (broad SMARTS) is 1. The van der Waals surface area contributed by atoms with Gasteiger partial charge in [0.15, 0.2) is 0 Å². The molecule has 6 nitrogen and oxygen atoms in total. The third-order valence-electron chi connectivity index (χ3n) is 2.74. The van der Waals surface area contributed by atoms with Gasteiger partial charge in [0.05, 0.1) is 5.75 Å². The van der Waals surface area contributed by atoms with Crippen LogP contribution in [0.1, 0.15) is 26.7 Å². The molecular formula is C13H20N2O4S. The molecule has 1 unspecified atom stereocenters. The van der Waals surface area contributed by atoms with Gasteiger partial charge in [-0.05, 0) is 44.5 Å². The molecule has 0 amide bonds. The number of aliphatic carboxylic acids is 1. The molecule has 7 heteroatoms. The Balaban J connectivity index is 2.56. The highest BCUT2D eigenvalue weighted by Gasteiger charge is 2.08. The Morgan fingerprint density at radius 3 is 2.30 bits per heavy atom. The van der Waals surface area contributed by atoms with Crippen molar-refractivity contribution in [2.24, 2.45) is 0 Å². The molecule has 1 aromatic carbocycles. The van der Waals surface area contributed by atoms with Gasteiger partial charge in [-0.2, -0.15) is 0 Å². The average molecular weight is 300 g/mol. The largest absolute Gasteiger partial charge is 0.481 e. The minimum Gasteiger partial charge on any atom is -0.481 e. The van der Waals surface area contributed by atoms with Crippen molar-refractivity contribution in [1.82, 2.24) is 0 Å². The van der Waals surface area contributed by atoms with E-state index >= 15 is 0 Å². The first kappa shape index (κ1) is 16.3. The van der Waals surface area contributed by atoms with Gasteiger partial charge in [0.1, 0.15) is 0 Å². The second kappa shape index (κ2) is 7.14. The summed E-state index contributed by atoms with van der Waals surface area (Å²) in [5.74, 6) is -0.790. The van der Waals surface area contributed by atoms with Crippen molar-refractivity contribution in [1.29, 1.82) is 0 Å². The van der Waals surface area contributed by atoms with Crippen LogP contribution in [0.3, 0.4) is 0 Å². The Labute approximate surface area is 119 Å². The number of sulfonamides is 1. The van der Waals surface area contributed by atoms with E-state index < -0.39 is 16.0 Å². The van der Waals surface area contributed by atoms with Gasteiger partial charge in [-0.25, -0.2) is 8.42 Å². The first-order valence-corrected chi connectivity index (χ1v) is 8.06. The second-order valence-electron chi connectivity index (χ2n) is 4.56. The van der Waals surface area contributed by atoms with E-state index in [4.69, 9.17) is 5.11 Å². The predicted octanol–water partition coefficient (Wildman–Crippen LogP) is 2.11. The molecule has 1 aromatic rings. The fourth-order valence-electron chi connectivity index (χ4n) is 1.58. The second-order valence-corrected chi connectivity index (χ2v) is 6.57. The van der Waals surface area contributed by atoms with Crippen molar-refractivity contribution in [3.63, 3.8) is 0 Å². The van der Waals surface area contributed by atoms with Crippen LogP contribution in [-0.4, -0.2) is 31.3 Å². The molecule has 0 aliphatic carbocycles. The van der Waals surface area contributed by atoms with E-state index in [-0.39, 0.29) is 18.2 Å². The molecular weight excluding hydrogens is 280 g/mol. The van der Waals surface area contributed by atoms with E-state index in [9.17, 15) is 13.2 Å². The standard InChI is InChI=1S/C13H20N2O4S/c1-3-20(18,19)15-12-7-5-11(6-8-12)14-10(2)4-9-13(16)17/h5-8,10,14-15H,3-4,9H2,1-2H3,(H,16,17). The molecule has 0 radical (unpaired) electrons. The highest BCUT2D eigenvalue weighted by atomic mass is 32.2. The molecule has 0 aliphatic heterocycles. The summed E-state index contributed by atoms with van der Waals surface area (Å²) in [4.78, 5) is 10.5. The maximum atomic E-state index is 11.4. The number of rotatable bonds is 8. The molecule has 1 atom stereocenters. The Morgan fingerprint density at radius 2 is 1.80 bits per heavy atom. The highest BCUT2D eigenvalue weighted by Crippen LogP contribution is 2.16. The first-order valence-electron chi connectivity index (χ1n) is 6.41. The summed E-state index contributed by atoms with van der Waals surface area (Å²) in [7, 11) is -3.26. The molecule has 0 aromatic heterocycles. The van der Waals surface area contributed by atoms with Crippen molar-refractivity contribution >= 4 is 27.4 Å². The summed E-state index contributed by atoms with van der Waals surface area (Å²) < 4.78 is 25.3. The Kier molecular flexibility index (Phi) is 5.82. The van der Waals surface area contributed by atoms with E-state index in [1.807, 2.05) is 6.92 Å². The molecule has 0 saturated heterocycles. The monoisotopic (exact) mass is 300 g/mol. The van der Waals surface area contributed by atoms with Crippen LogP contribution in [0, 0.1) is 0 Å². The van der Waals surface area contributed by atoms with Crippen molar-refractivity contribution in [2.45, 2.75) is 32.7 Å². The summed E-state index contributed by atoms with van der Waals surface area (Å²) in [6.07, 6.45) is 0.641. The zero-order chi connectivity index (χ0) is 15.2. The number of carbonyl (C=O) groups is 1. The van der Waals surface area contributed by atoms with Gasteiger partial charge < -0.3 is 10.4 Å². The third-order valence-corrected chi connectivity index (χ3v) is 4.05. The maximum Gasteiger partial charge on any atom is 0.303 e. The zero-order valence-corrected chi connectivity index (χ0v) is 12.4. The molecule has 0 heterocycles. The van der Waals surface area contributed by atoms with Crippen molar-refractivity contribution in [2.75, 3.05) is 15.8 Å². The van der Waals surface area contributed by atoms with Gasteiger partial charge in [0, 0.05) is 23.8 Å². The van der Waals surface area contributed by atoms with E-state index in [1.165, 1.54) is 0 Å². The number of hydrogen-bond donors (Lipinski definition) is 3. The quantitative estimate of drug-likeness (QED) is 0.683. The lowest BCUT2D eigenvalue weighted by molar-refractivity contribution is -0.137. The minimum atomic E-state index is -3.26. The molecule has 0 saturated carbocycles. The highest BCUT2D eigenvalue weighted by molar-refractivity contribution is 7.92. The fraction of sp³-hybridized carbons (Fsp3) is 0.462. The lowest BCUT2D eigenvalue weighted by Crippen LogP contribution is -2.17. The van der Waals surface area contributed by atoms with Crippen LogP contribution >= 0.6 is 0 Å². The van der Waals surface area contributed by atoms with Crippen LogP contribution in [0.4, 0.5) is 11.4 Å². The van der Waals surface area contributed by atoms with Crippen LogP contribution in [0.2, 0.25) is 0 Å². The van der Waals surface area contributed by atoms with Gasteiger partial charge in [-0.15, -0.1) is 0 Å². The zero-order valence-electron chi connectivity index (χ0n) is 11.6. The lowest BCUT2D eigenvalue weighted by atomic mass is 10.1. The number of anilines is 2. The summed E-state index contributed by atoms with van der Waals surface area (Å²) in [5.41, 5.74) is 1.33. The van der Waals surface area contributed by atoms with Gasteiger partial charge in [0.25, 0.3) is 0 Å². The molecule has 112 valence electrons.